The highest BCUT2D eigenvalue weighted by molar-refractivity contribution is 7.10. The van der Waals surface area contributed by atoms with Gasteiger partial charge in [-0.25, -0.2) is 4.68 Å². The number of hydrogen-bond acceptors (Lipinski definition) is 6. The fourth-order valence-electron chi connectivity index (χ4n) is 3.30. The van der Waals surface area contributed by atoms with Crippen LogP contribution in [0.25, 0.3) is 11.1 Å². The average Bonchev–Trinajstić information content (AvgIpc) is 3.43. The highest BCUT2D eigenvalue weighted by atomic mass is 35.5. The van der Waals surface area contributed by atoms with Crippen molar-refractivity contribution in [2.75, 3.05) is 20.2 Å². The Bertz CT molecular complexity index is 935. The first kappa shape index (κ1) is 21.3. The second kappa shape index (κ2) is 9.87. The largest absolute Gasteiger partial charge is 0.497 e. The van der Waals surface area contributed by atoms with Gasteiger partial charge >= 0.3 is 0 Å². The number of ether oxygens (including phenoxy) is 1. The molecule has 1 aliphatic rings. The number of rotatable bonds is 6. The van der Waals surface area contributed by atoms with E-state index in [-0.39, 0.29) is 18.3 Å². The van der Waals surface area contributed by atoms with Crippen LogP contribution in [-0.2, 0) is 6.54 Å². The van der Waals surface area contributed by atoms with Gasteiger partial charge in [-0.2, -0.15) is 0 Å². The molecule has 1 saturated heterocycles. The molecule has 3 aromatic rings. The lowest BCUT2D eigenvalue weighted by Gasteiger charge is -2.22. The Hall–Kier alpha value is -2.42. The van der Waals surface area contributed by atoms with Crippen molar-refractivity contribution < 1.29 is 9.53 Å². The molecule has 0 spiro atoms. The van der Waals surface area contributed by atoms with Crippen molar-refractivity contribution >= 4 is 29.7 Å². The second-order valence-electron chi connectivity index (χ2n) is 6.78. The Labute approximate surface area is 179 Å². The molecule has 2 aromatic heterocycles. The van der Waals surface area contributed by atoms with E-state index in [4.69, 9.17) is 4.74 Å². The quantitative estimate of drug-likeness (QED) is 0.623. The number of thiophene rings is 1. The zero-order valence-electron chi connectivity index (χ0n) is 16.1. The molecule has 3 heterocycles. The molecule has 7 nitrogen and oxygen atoms in total. The van der Waals surface area contributed by atoms with Gasteiger partial charge in [-0.1, -0.05) is 17.3 Å². The van der Waals surface area contributed by atoms with Gasteiger partial charge in [0.15, 0.2) is 5.69 Å². The highest BCUT2D eigenvalue weighted by Gasteiger charge is 2.18. The molecule has 154 valence electrons. The van der Waals surface area contributed by atoms with Crippen molar-refractivity contribution in [3.8, 4) is 16.9 Å². The molecule has 1 aliphatic heterocycles. The highest BCUT2D eigenvalue weighted by Crippen LogP contribution is 2.27. The molecule has 0 unspecified atom stereocenters. The number of piperidine rings is 1. The molecule has 1 amide bonds. The van der Waals surface area contributed by atoms with Crippen LogP contribution >= 0.6 is 23.7 Å². The molecule has 9 heteroatoms. The van der Waals surface area contributed by atoms with Gasteiger partial charge in [-0.3, -0.25) is 4.79 Å². The minimum Gasteiger partial charge on any atom is -0.497 e. The summed E-state index contributed by atoms with van der Waals surface area (Å²) in [6, 6.07) is 10.4. The summed E-state index contributed by atoms with van der Waals surface area (Å²) < 4.78 is 7.02. The van der Waals surface area contributed by atoms with Gasteiger partial charge in [0, 0.05) is 4.88 Å². The summed E-state index contributed by atoms with van der Waals surface area (Å²) in [5, 5.41) is 16.5. The normalized spacial score (nSPS) is 14.2. The molecule has 0 saturated carbocycles. The van der Waals surface area contributed by atoms with Crippen LogP contribution in [0.1, 0.15) is 34.2 Å². The Balaban J connectivity index is 0.00000240. The maximum absolute atomic E-state index is 12.4. The summed E-state index contributed by atoms with van der Waals surface area (Å²) in [6.45, 7) is 2.42. The number of methoxy groups -OCH3 is 1. The number of carbonyl (C=O) groups excluding carboxylic acids is 1. The standard InChI is InChI=1S/C20H23N5O2S.ClH/c1-27-17-4-2-14(3-5-17)15-10-18(28-13-15)11-22-20(26)19-12-25(24-23-19)16-6-8-21-9-7-16;/h2-5,10,12-13,16,21H,6-9,11H2,1H3,(H,22,26);1H. The van der Waals surface area contributed by atoms with Gasteiger partial charge in [0.25, 0.3) is 5.91 Å². The van der Waals surface area contributed by atoms with Crippen LogP contribution in [0.2, 0.25) is 0 Å². The van der Waals surface area contributed by atoms with E-state index in [0.717, 1.165) is 47.7 Å². The second-order valence-corrected chi connectivity index (χ2v) is 7.77. The lowest BCUT2D eigenvalue weighted by molar-refractivity contribution is 0.0946. The predicted octanol–water partition coefficient (Wildman–Crippen LogP) is 3.29. The van der Waals surface area contributed by atoms with E-state index >= 15 is 0 Å². The van der Waals surface area contributed by atoms with Gasteiger partial charge in [0.2, 0.25) is 0 Å². The van der Waals surface area contributed by atoms with Gasteiger partial charge in [-0.15, -0.1) is 28.8 Å². The first-order valence-corrected chi connectivity index (χ1v) is 10.2. The summed E-state index contributed by atoms with van der Waals surface area (Å²) in [4.78, 5) is 13.5. The molecular weight excluding hydrogens is 410 g/mol. The lowest BCUT2D eigenvalue weighted by Crippen LogP contribution is -2.29. The van der Waals surface area contributed by atoms with Crippen LogP contribution in [0.15, 0.2) is 41.9 Å². The van der Waals surface area contributed by atoms with E-state index in [0.29, 0.717) is 18.3 Å². The Kier molecular flexibility index (Phi) is 7.24. The number of carbonyl (C=O) groups is 1. The van der Waals surface area contributed by atoms with E-state index < -0.39 is 0 Å². The monoisotopic (exact) mass is 433 g/mol. The van der Waals surface area contributed by atoms with Gasteiger partial charge < -0.3 is 15.4 Å². The Morgan fingerprint density at radius 1 is 1.28 bits per heavy atom. The van der Waals surface area contributed by atoms with Crippen LogP contribution in [0.5, 0.6) is 5.75 Å². The number of nitrogens with one attached hydrogen (secondary N) is 2. The topological polar surface area (TPSA) is 81.1 Å². The summed E-state index contributed by atoms with van der Waals surface area (Å²) in [6.07, 6.45) is 3.77. The molecule has 2 N–H and O–H groups in total. The molecule has 0 atom stereocenters. The van der Waals surface area contributed by atoms with Crippen molar-refractivity contribution in [2.24, 2.45) is 0 Å². The molecule has 1 fully saturated rings. The maximum atomic E-state index is 12.4. The van der Waals surface area contributed by atoms with Crippen molar-refractivity contribution in [2.45, 2.75) is 25.4 Å². The van der Waals surface area contributed by atoms with E-state index in [9.17, 15) is 4.79 Å². The number of amides is 1. The van der Waals surface area contributed by atoms with Crippen LogP contribution in [0.3, 0.4) is 0 Å². The Morgan fingerprint density at radius 3 is 2.76 bits per heavy atom. The van der Waals surface area contributed by atoms with E-state index in [1.807, 2.05) is 28.9 Å². The molecular formula is C20H24ClN5O2S. The van der Waals surface area contributed by atoms with Crippen molar-refractivity contribution in [1.82, 2.24) is 25.6 Å². The number of hydrogen-bond donors (Lipinski definition) is 2. The van der Waals surface area contributed by atoms with E-state index in [1.165, 1.54) is 0 Å². The third kappa shape index (κ3) is 5.14. The summed E-state index contributed by atoms with van der Waals surface area (Å²) in [5.74, 6) is 0.642. The lowest BCUT2D eigenvalue weighted by atomic mass is 10.1. The van der Waals surface area contributed by atoms with Crippen LogP contribution in [-0.4, -0.2) is 41.1 Å². The van der Waals surface area contributed by atoms with Gasteiger partial charge in [-0.05, 0) is 60.6 Å². The zero-order valence-corrected chi connectivity index (χ0v) is 17.8. The fraction of sp³-hybridized carbons (Fsp3) is 0.350. The number of halogens is 1. The third-order valence-corrected chi connectivity index (χ3v) is 5.86. The molecule has 1 aromatic carbocycles. The van der Waals surface area contributed by atoms with Gasteiger partial charge in [0.05, 0.1) is 25.9 Å². The molecule has 0 bridgehead atoms. The van der Waals surface area contributed by atoms with Gasteiger partial charge in [0.1, 0.15) is 5.75 Å². The fourth-order valence-corrected chi connectivity index (χ4v) is 4.13. The van der Waals surface area contributed by atoms with Crippen molar-refractivity contribution in [3.05, 3.63) is 52.5 Å². The Morgan fingerprint density at radius 2 is 2.03 bits per heavy atom. The van der Waals surface area contributed by atoms with Crippen LogP contribution in [0.4, 0.5) is 0 Å². The van der Waals surface area contributed by atoms with Crippen LogP contribution < -0.4 is 15.4 Å². The average molecular weight is 434 g/mol. The molecule has 0 aliphatic carbocycles. The minimum atomic E-state index is -0.195. The van der Waals surface area contributed by atoms with Crippen molar-refractivity contribution in [1.29, 1.82) is 0 Å². The summed E-state index contributed by atoms with van der Waals surface area (Å²) >= 11 is 1.63. The van der Waals surface area contributed by atoms with E-state index in [2.05, 4.69) is 32.4 Å². The first-order chi connectivity index (χ1) is 13.7. The van der Waals surface area contributed by atoms with E-state index in [1.54, 1.807) is 24.6 Å². The SMILES string of the molecule is COc1ccc(-c2csc(CNC(=O)c3cn(C4CCNCC4)nn3)c2)cc1.Cl. The number of nitrogens with zero attached hydrogens (tertiary/aromatic N) is 3. The molecule has 29 heavy (non-hydrogen) atoms. The minimum absolute atomic E-state index is 0. The first-order valence-electron chi connectivity index (χ1n) is 9.35. The molecule has 0 radical (unpaired) electrons. The van der Waals surface area contributed by atoms with Crippen molar-refractivity contribution in [3.63, 3.8) is 0 Å². The van der Waals surface area contributed by atoms with Crippen LogP contribution in [0, 0.1) is 0 Å². The summed E-state index contributed by atoms with van der Waals surface area (Å²) in [7, 11) is 1.66. The maximum Gasteiger partial charge on any atom is 0.273 e. The predicted molar refractivity (Wildman–Crippen MR) is 116 cm³/mol. The summed E-state index contributed by atoms with van der Waals surface area (Å²) in [5.41, 5.74) is 2.62. The smallest absolute Gasteiger partial charge is 0.273 e. The number of aromatic nitrogens is 3. The molecule has 4 rings (SSSR count). The number of benzene rings is 1. The third-order valence-electron chi connectivity index (χ3n) is 4.93. The zero-order chi connectivity index (χ0) is 19.3.